The zero-order valence-electron chi connectivity index (χ0n) is 17.1. The number of aliphatic hydroxyl groups excluding tert-OH is 1. The number of carbonyl (C=O) groups is 2. The van der Waals surface area contributed by atoms with Crippen molar-refractivity contribution in [1.29, 1.82) is 0 Å². The third-order valence-electron chi connectivity index (χ3n) is 5.19. The fourth-order valence-corrected chi connectivity index (χ4v) is 3.56. The summed E-state index contributed by atoms with van der Waals surface area (Å²) in [6.07, 6.45) is 0. The van der Waals surface area contributed by atoms with Gasteiger partial charge in [0.05, 0.1) is 11.6 Å². The van der Waals surface area contributed by atoms with E-state index in [1.54, 1.807) is 12.1 Å². The van der Waals surface area contributed by atoms with Gasteiger partial charge in [0.15, 0.2) is 0 Å². The average molecular weight is 394 g/mol. The maximum Gasteiger partial charge on any atom is 0.295 e. The van der Waals surface area contributed by atoms with Crippen LogP contribution in [0.5, 0.6) is 5.75 Å². The number of phenols is 1. The van der Waals surface area contributed by atoms with E-state index in [2.05, 4.69) is 0 Å². The lowest BCUT2D eigenvalue weighted by Gasteiger charge is -2.26. The summed E-state index contributed by atoms with van der Waals surface area (Å²) in [7, 11) is 3.78. The summed E-state index contributed by atoms with van der Waals surface area (Å²) in [5.41, 5.74) is 3.04. The second-order valence-electron chi connectivity index (χ2n) is 7.71. The smallest absolute Gasteiger partial charge is 0.295 e. The summed E-state index contributed by atoms with van der Waals surface area (Å²) in [5.74, 6) is -1.40. The molecule has 152 valence electrons. The van der Waals surface area contributed by atoms with E-state index in [4.69, 9.17) is 0 Å². The minimum absolute atomic E-state index is 0.0770. The largest absolute Gasteiger partial charge is 0.508 e. The number of aryl methyl sites for hydroxylation is 2. The van der Waals surface area contributed by atoms with Crippen LogP contribution in [0.1, 0.15) is 28.3 Å². The van der Waals surface area contributed by atoms with Crippen molar-refractivity contribution in [1.82, 2.24) is 9.80 Å². The quantitative estimate of drug-likeness (QED) is 0.463. The Labute approximate surface area is 170 Å². The van der Waals surface area contributed by atoms with Crippen molar-refractivity contribution < 1.29 is 19.8 Å². The lowest BCUT2D eigenvalue weighted by molar-refractivity contribution is -0.140. The van der Waals surface area contributed by atoms with Crippen molar-refractivity contribution in [3.63, 3.8) is 0 Å². The van der Waals surface area contributed by atoms with Crippen LogP contribution in [0.4, 0.5) is 0 Å². The second kappa shape index (κ2) is 8.09. The zero-order valence-corrected chi connectivity index (χ0v) is 17.1. The summed E-state index contributed by atoms with van der Waals surface area (Å²) >= 11 is 0. The monoisotopic (exact) mass is 394 g/mol. The summed E-state index contributed by atoms with van der Waals surface area (Å²) in [6.45, 7) is 4.67. The Morgan fingerprint density at radius 3 is 2.34 bits per heavy atom. The highest BCUT2D eigenvalue weighted by atomic mass is 16.3. The van der Waals surface area contributed by atoms with Crippen LogP contribution in [0, 0.1) is 13.8 Å². The number of hydrogen-bond donors (Lipinski definition) is 2. The molecule has 0 saturated carbocycles. The minimum Gasteiger partial charge on any atom is -0.508 e. The van der Waals surface area contributed by atoms with Gasteiger partial charge in [-0.2, -0.15) is 0 Å². The van der Waals surface area contributed by atoms with Gasteiger partial charge in [-0.1, -0.05) is 29.8 Å². The normalized spacial score (nSPS) is 18.7. The van der Waals surface area contributed by atoms with Crippen LogP contribution in [0.2, 0.25) is 0 Å². The lowest BCUT2D eigenvalue weighted by Crippen LogP contribution is -2.35. The molecule has 1 fully saturated rings. The molecule has 1 heterocycles. The van der Waals surface area contributed by atoms with Gasteiger partial charge >= 0.3 is 0 Å². The van der Waals surface area contributed by atoms with Crippen LogP contribution in [0.25, 0.3) is 5.76 Å². The van der Waals surface area contributed by atoms with Crippen LogP contribution in [0.3, 0.4) is 0 Å². The molecule has 2 aromatic rings. The number of nitrogens with zero attached hydrogens (tertiary/aromatic N) is 2. The maximum absolute atomic E-state index is 13.0. The summed E-state index contributed by atoms with van der Waals surface area (Å²) in [5, 5.41) is 20.8. The Kier molecular flexibility index (Phi) is 5.75. The van der Waals surface area contributed by atoms with Crippen LogP contribution < -0.4 is 0 Å². The summed E-state index contributed by atoms with van der Waals surface area (Å²) in [6, 6.07) is 11.3. The highest BCUT2D eigenvalue weighted by Crippen LogP contribution is 2.40. The van der Waals surface area contributed by atoms with Crippen molar-refractivity contribution in [2.24, 2.45) is 0 Å². The van der Waals surface area contributed by atoms with Crippen LogP contribution in [-0.2, 0) is 9.59 Å². The van der Waals surface area contributed by atoms with E-state index in [9.17, 15) is 19.8 Å². The number of ketones is 1. The molecular weight excluding hydrogens is 368 g/mol. The number of Topliss-reactive ketones (excluding diaryl/α,β-unsaturated/α-hetero) is 1. The first kappa shape index (κ1) is 20.6. The molecule has 1 saturated heterocycles. The number of likely N-dealkylation sites (N-methyl/N-ethyl adjacent to an activating group) is 1. The molecule has 6 nitrogen and oxygen atoms in total. The van der Waals surface area contributed by atoms with Gasteiger partial charge in [-0.05, 0) is 57.3 Å². The molecule has 29 heavy (non-hydrogen) atoms. The van der Waals surface area contributed by atoms with Gasteiger partial charge in [0, 0.05) is 18.7 Å². The highest BCUT2D eigenvalue weighted by Gasteiger charge is 2.46. The first-order valence-corrected chi connectivity index (χ1v) is 9.50. The van der Waals surface area contributed by atoms with Crippen molar-refractivity contribution >= 4 is 17.4 Å². The SMILES string of the molecule is Cc1ccc(C)c(C(O)=C2C(=O)C(=O)N(CCN(C)C)C2c2ccc(O)cc2)c1. The van der Waals surface area contributed by atoms with E-state index in [1.165, 1.54) is 17.0 Å². The van der Waals surface area contributed by atoms with Crippen LogP contribution in [0.15, 0.2) is 48.0 Å². The second-order valence-corrected chi connectivity index (χ2v) is 7.71. The summed E-state index contributed by atoms with van der Waals surface area (Å²) in [4.78, 5) is 29.2. The third kappa shape index (κ3) is 4.03. The number of rotatable bonds is 5. The van der Waals surface area contributed by atoms with Gasteiger partial charge in [-0.15, -0.1) is 0 Å². The topological polar surface area (TPSA) is 81.1 Å². The number of aliphatic hydroxyl groups is 1. The molecule has 1 aliphatic heterocycles. The van der Waals surface area contributed by atoms with Gasteiger partial charge in [0.2, 0.25) is 0 Å². The van der Waals surface area contributed by atoms with Crippen LogP contribution >= 0.6 is 0 Å². The Morgan fingerprint density at radius 2 is 1.72 bits per heavy atom. The van der Waals surface area contributed by atoms with E-state index < -0.39 is 17.7 Å². The Balaban J connectivity index is 2.19. The highest BCUT2D eigenvalue weighted by molar-refractivity contribution is 6.46. The van der Waals surface area contributed by atoms with Gasteiger partial charge in [-0.25, -0.2) is 0 Å². The number of benzene rings is 2. The molecule has 1 aliphatic rings. The van der Waals surface area contributed by atoms with Gasteiger partial charge < -0.3 is 20.0 Å². The summed E-state index contributed by atoms with van der Waals surface area (Å²) < 4.78 is 0. The molecular formula is C23H26N2O4. The number of likely N-dealkylation sites (tertiary alicyclic amines) is 1. The molecule has 2 N–H and O–H groups in total. The van der Waals surface area contributed by atoms with Crippen molar-refractivity contribution in [3.05, 3.63) is 70.3 Å². The molecule has 3 rings (SSSR count). The number of aromatic hydroxyl groups is 1. The van der Waals surface area contributed by atoms with Gasteiger partial charge in [0.25, 0.3) is 11.7 Å². The van der Waals surface area contributed by atoms with Crippen molar-refractivity contribution in [3.8, 4) is 5.75 Å². The molecule has 1 atom stereocenters. The maximum atomic E-state index is 13.0. The van der Waals surface area contributed by atoms with Gasteiger partial charge in [-0.3, -0.25) is 9.59 Å². The standard InChI is InChI=1S/C23H26N2O4/c1-14-5-6-15(2)18(13-14)21(27)19-20(16-7-9-17(26)10-8-16)25(12-11-24(3)4)23(29)22(19)28/h5-10,13,20,26-27H,11-12H2,1-4H3. The average Bonchev–Trinajstić information content (AvgIpc) is 2.93. The van der Waals surface area contributed by atoms with Crippen molar-refractivity contribution in [2.75, 3.05) is 27.2 Å². The zero-order chi connectivity index (χ0) is 21.3. The number of amides is 1. The fraction of sp³-hybridized carbons (Fsp3) is 0.304. The number of phenolic OH excluding ortho intramolecular Hbond substituents is 1. The third-order valence-corrected chi connectivity index (χ3v) is 5.19. The number of carbonyl (C=O) groups excluding carboxylic acids is 2. The molecule has 0 aliphatic carbocycles. The molecule has 6 heteroatoms. The van der Waals surface area contributed by atoms with Gasteiger partial charge in [0.1, 0.15) is 11.5 Å². The lowest BCUT2D eigenvalue weighted by atomic mass is 9.93. The molecule has 0 aromatic heterocycles. The van der Waals surface area contributed by atoms with E-state index >= 15 is 0 Å². The Morgan fingerprint density at radius 1 is 1.07 bits per heavy atom. The predicted octanol–water partition coefficient (Wildman–Crippen LogP) is 2.99. The Hall–Kier alpha value is -3.12. The van der Waals surface area contributed by atoms with E-state index in [0.29, 0.717) is 24.2 Å². The van der Waals surface area contributed by atoms with Crippen molar-refractivity contribution in [2.45, 2.75) is 19.9 Å². The van der Waals surface area contributed by atoms with E-state index in [1.807, 2.05) is 51.0 Å². The first-order valence-electron chi connectivity index (χ1n) is 9.50. The molecule has 0 radical (unpaired) electrons. The van der Waals surface area contributed by atoms with Crippen LogP contribution in [-0.4, -0.2) is 58.9 Å². The molecule has 2 aromatic carbocycles. The molecule has 1 unspecified atom stereocenters. The predicted molar refractivity (Wildman–Crippen MR) is 112 cm³/mol. The van der Waals surface area contributed by atoms with E-state index in [-0.39, 0.29) is 17.1 Å². The molecule has 0 spiro atoms. The number of hydrogen-bond acceptors (Lipinski definition) is 5. The first-order chi connectivity index (χ1) is 13.7. The minimum atomic E-state index is -0.713. The fourth-order valence-electron chi connectivity index (χ4n) is 3.56. The molecule has 0 bridgehead atoms. The Bertz CT molecular complexity index is 977. The van der Waals surface area contributed by atoms with E-state index in [0.717, 1.165) is 11.1 Å². The molecule has 1 amide bonds.